The average molecular weight is 457 g/mol. The topological polar surface area (TPSA) is 99.0 Å². The highest BCUT2D eigenvalue weighted by atomic mass is 32.2. The highest BCUT2D eigenvalue weighted by Gasteiger charge is 2.20. The summed E-state index contributed by atoms with van der Waals surface area (Å²) in [6, 6.07) is 13.3. The molecule has 2 heterocycles. The molecule has 4 aromatic rings. The van der Waals surface area contributed by atoms with Crippen LogP contribution in [-0.2, 0) is 10.0 Å². The molecule has 0 radical (unpaired) electrons. The summed E-state index contributed by atoms with van der Waals surface area (Å²) in [5.74, 6) is -0.775. The van der Waals surface area contributed by atoms with Gasteiger partial charge in [-0.05, 0) is 68.4 Å². The molecule has 1 N–H and O–H groups in total. The van der Waals surface area contributed by atoms with Gasteiger partial charge < -0.3 is 4.74 Å². The van der Waals surface area contributed by atoms with Crippen molar-refractivity contribution < 1.29 is 21.9 Å². The minimum atomic E-state index is -4.31. The molecule has 0 fully saturated rings. The van der Waals surface area contributed by atoms with Crippen LogP contribution in [0.25, 0.3) is 5.82 Å². The van der Waals surface area contributed by atoms with Crippen LogP contribution in [0, 0.1) is 25.5 Å². The van der Waals surface area contributed by atoms with Crippen molar-refractivity contribution in [3.63, 3.8) is 0 Å². The molecule has 32 heavy (non-hydrogen) atoms. The van der Waals surface area contributed by atoms with Crippen molar-refractivity contribution in [2.75, 3.05) is 4.72 Å². The average Bonchev–Trinajstić information content (AvgIpc) is 3.09. The van der Waals surface area contributed by atoms with Gasteiger partial charge in [0, 0.05) is 17.4 Å². The summed E-state index contributed by atoms with van der Waals surface area (Å²) in [4.78, 5) is -0.782. The van der Waals surface area contributed by atoms with Gasteiger partial charge in [-0.2, -0.15) is 5.10 Å². The number of aryl methyl sites for hydroxylation is 2. The zero-order valence-corrected chi connectivity index (χ0v) is 17.8. The number of sulfonamides is 1. The lowest BCUT2D eigenvalue weighted by atomic mass is 10.3. The molecule has 0 unspecified atom stereocenters. The molecule has 4 rings (SSSR count). The first-order valence-corrected chi connectivity index (χ1v) is 10.8. The first kappa shape index (κ1) is 21.4. The molecule has 164 valence electrons. The van der Waals surface area contributed by atoms with E-state index in [2.05, 4.69) is 20.0 Å². The molecule has 0 saturated carbocycles. The molecule has 0 saturated heterocycles. The Morgan fingerprint density at radius 3 is 2.31 bits per heavy atom. The van der Waals surface area contributed by atoms with Gasteiger partial charge >= 0.3 is 0 Å². The van der Waals surface area contributed by atoms with Crippen molar-refractivity contribution in [3.05, 3.63) is 83.7 Å². The molecule has 2 aromatic carbocycles. The van der Waals surface area contributed by atoms with E-state index in [1.54, 1.807) is 16.8 Å². The molecular formula is C21H17F2N5O3S. The maximum absolute atomic E-state index is 13.8. The van der Waals surface area contributed by atoms with Crippen molar-refractivity contribution in [3.8, 4) is 17.4 Å². The fourth-order valence-electron chi connectivity index (χ4n) is 2.95. The Balaban J connectivity index is 1.46. The molecule has 0 spiro atoms. The number of nitrogens with one attached hydrogen (secondary N) is 1. The number of nitrogens with zero attached hydrogens (tertiary/aromatic N) is 4. The second-order valence-electron chi connectivity index (χ2n) is 6.88. The molecular weight excluding hydrogens is 440 g/mol. The number of ether oxygens (including phenoxy) is 1. The fraction of sp³-hybridized carbons (Fsp3) is 0.0952. The first-order chi connectivity index (χ1) is 15.2. The molecule has 2 aromatic heterocycles. The zero-order valence-electron chi connectivity index (χ0n) is 17.0. The first-order valence-electron chi connectivity index (χ1n) is 9.34. The van der Waals surface area contributed by atoms with Crippen molar-refractivity contribution in [1.29, 1.82) is 0 Å². The third kappa shape index (κ3) is 4.57. The second-order valence-corrected chi connectivity index (χ2v) is 8.53. The molecule has 0 aliphatic carbocycles. The van der Waals surface area contributed by atoms with E-state index >= 15 is 0 Å². The van der Waals surface area contributed by atoms with Crippen molar-refractivity contribution >= 4 is 15.7 Å². The van der Waals surface area contributed by atoms with Crippen LogP contribution < -0.4 is 9.46 Å². The van der Waals surface area contributed by atoms with Crippen LogP contribution in [0.15, 0.2) is 65.6 Å². The molecule has 0 aliphatic heterocycles. The van der Waals surface area contributed by atoms with Gasteiger partial charge in [-0.15, -0.1) is 10.2 Å². The molecule has 8 nitrogen and oxygen atoms in total. The fourth-order valence-corrected chi connectivity index (χ4v) is 4.10. The van der Waals surface area contributed by atoms with Gasteiger partial charge in [0.2, 0.25) is 5.88 Å². The van der Waals surface area contributed by atoms with Gasteiger partial charge in [-0.3, -0.25) is 4.72 Å². The van der Waals surface area contributed by atoms with Crippen LogP contribution in [0.5, 0.6) is 11.6 Å². The summed E-state index contributed by atoms with van der Waals surface area (Å²) in [7, 11) is -4.31. The van der Waals surface area contributed by atoms with E-state index in [0.717, 1.165) is 23.5 Å². The minimum absolute atomic E-state index is 0.145. The smallest absolute Gasteiger partial charge is 0.264 e. The number of benzene rings is 2. The lowest BCUT2D eigenvalue weighted by Gasteiger charge is -2.10. The molecule has 0 bridgehead atoms. The van der Waals surface area contributed by atoms with Crippen LogP contribution >= 0.6 is 0 Å². The zero-order chi connectivity index (χ0) is 22.9. The van der Waals surface area contributed by atoms with Gasteiger partial charge in [0.15, 0.2) is 5.82 Å². The van der Waals surface area contributed by atoms with Gasteiger partial charge in [0.25, 0.3) is 10.0 Å². The number of rotatable bonds is 6. The van der Waals surface area contributed by atoms with Gasteiger partial charge in [0.1, 0.15) is 22.3 Å². The Morgan fingerprint density at radius 2 is 1.69 bits per heavy atom. The maximum Gasteiger partial charge on any atom is 0.264 e. The summed E-state index contributed by atoms with van der Waals surface area (Å²) in [5.41, 5.74) is 1.93. The van der Waals surface area contributed by atoms with Gasteiger partial charge in [-0.1, -0.05) is 0 Å². The van der Waals surface area contributed by atoms with Crippen molar-refractivity contribution in [2.45, 2.75) is 18.7 Å². The summed E-state index contributed by atoms with van der Waals surface area (Å²) in [6.45, 7) is 3.79. The van der Waals surface area contributed by atoms with Crippen molar-refractivity contribution in [2.24, 2.45) is 0 Å². The summed E-state index contributed by atoms with van der Waals surface area (Å²) in [6.07, 6.45) is 0. The quantitative estimate of drug-likeness (QED) is 0.467. The van der Waals surface area contributed by atoms with E-state index in [9.17, 15) is 17.2 Å². The number of halogens is 2. The van der Waals surface area contributed by atoms with Gasteiger partial charge in [0.05, 0.1) is 5.69 Å². The van der Waals surface area contributed by atoms with Crippen LogP contribution in [0.1, 0.15) is 11.4 Å². The molecule has 0 atom stereocenters. The normalized spacial score (nSPS) is 11.4. The van der Waals surface area contributed by atoms with E-state index in [1.807, 2.05) is 19.9 Å². The summed E-state index contributed by atoms with van der Waals surface area (Å²) >= 11 is 0. The summed E-state index contributed by atoms with van der Waals surface area (Å²) < 4.78 is 61.3. The van der Waals surface area contributed by atoms with Crippen molar-refractivity contribution in [1.82, 2.24) is 20.0 Å². The molecule has 0 aliphatic rings. The number of aromatic nitrogens is 4. The van der Waals surface area contributed by atoms with E-state index < -0.39 is 26.6 Å². The maximum atomic E-state index is 13.8. The third-order valence-electron chi connectivity index (χ3n) is 4.36. The van der Waals surface area contributed by atoms with E-state index in [-0.39, 0.29) is 11.6 Å². The number of hydrogen-bond acceptors (Lipinski definition) is 6. The predicted molar refractivity (Wildman–Crippen MR) is 112 cm³/mol. The lowest BCUT2D eigenvalue weighted by molar-refractivity contribution is 0.454. The van der Waals surface area contributed by atoms with Crippen LogP contribution in [-0.4, -0.2) is 28.4 Å². The number of hydrogen-bond donors (Lipinski definition) is 1. The molecule has 11 heteroatoms. The largest absolute Gasteiger partial charge is 0.438 e. The van der Waals surface area contributed by atoms with E-state index in [4.69, 9.17) is 4.74 Å². The van der Waals surface area contributed by atoms with Crippen LogP contribution in [0.4, 0.5) is 14.5 Å². The third-order valence-corrected chi connectivity index (χ3v) is 5.76. The lowest BCUT2D eigenvalue weighted by Crippen LogP contribution is -2.14. The summed E-state index contributed by atoms with van der Waals surface area (Å²) in [5, 5.41) is 12.5. The standard InChI is InChI=1S/C21H17F2N5O3S/c1-13-11-14(2)28(26-13)20-9-10-21(25-24-20)31-17-6-4-16(5-7-17)27-32(29,30)19-12-15(22)3-8-18(19)23/h3-12,27H,1-2H3. The number of anilines is 1. The second kappa shape index (κ2) is 8.35. The Hall–Kier alpha value is -3.86. The van der Waals surface area contributed by atoms with E-state index in [1.165, 1.54) is 24.3 Å². The highest BCUT2D eigenvalue weighted by molar-refractivity contribution is 7.92. The minimum Gasteiger partial charge on any atom is -0.438 e. The molecule has 0 amide bonds. The van der Waals surface area contributed by atoms with Crippen LogP contribution in [0.3, 0.4) is 0 Å². The van der Waals surface area contributed by atoms with Gasteiger partial charge in [-0.25, -0.2) is 21.9 Å². The monoisotopic (exact) mass is 457 g/mol. The Bertz CT molecular complexity index is 1370. The SMILES string of the molecule is Cc1cc(C)n(-c2ccc(Oc3ccc(NS(=O)(=O)c4cc(F)ccc4F)cc3)nn2)n1. The Morgan fingerprint density at radius 1 is 0.938 bits per heavy atom. The highest BCUT2D eigenvalue weighted by Crippen LogP contribution is 2.24. The Labute approximate surface area is 182 Å². The Kier molecular flexibility index (Phi) is 5.57. The van der Waals surface area contributed by atoms with E-state index in [0.29, 0.717) is 17.6 Å². The van der Waals surface area contributed by atoms with Crippen LogP contribution in [0.2, 0.25) is 0 Å². The predicted octanol–water partition coefficient (Wildman–Crippen LogP) is 4.15.